The number of aldehydes is 1. The van der Waals surface area contributed by atoms with Crippen molar-refractivity contribution in [1.29, 1.82) is 0 Å². The lowest BCUT2D eigenvalue weighted by Crippen LogP contribution is -1.81. The summed E-state index contributed by atoms with van der Waals surface area (Å²) in [5.74, 6) is -1.86. The Hall–Kier alpha value is -1.36. The number of hydrogen-bond donors (Lipinski definition) is 0. The van der Waals surface area contributed by atoms with Gasteiger partial charge in [0.15, 0.2) is 22.9 Å². The van der Waals surface area contributed by atoms with Gasteiger partial charge in [0, 0.05) is 0 Å². The van der Waals surface area contributed by atoms with E-state index in [4.69, 9.17) is 0 Å². The molecule has 2 nitrogen and oxygen atoms in total. The lowest BCUT2D eigenvalue weighted by molar-refractivity contribution is 0.112. The number of nitrogens with zero attached hydrogens (tertiary/aromatic N) is 1. The predicted molar refractivity (Wildman–Crippen MR) is 44.9 cm³/mol. The van der Waals surface area contributed by atoms with Crippen molar-refractivity contribution in [3.63, 3.8) is 0 Å². The molecule has 1 aromatic heterocycles. The SMILES string of the molecule is O=Cc1nc2ccc(F)c(F)c2s1. The van der Waals surface area contributed by atoms with Gasteiger partial charge in [0.05, 0.1) is 10.2 Å². The number of benzene rings is 1. The van der Waals surface area contributed by atoms with Crippen LogP contribution < -0.4 is 0 Å². The molecule has 0 unspecified atom stereocenters. The second-order valence-corrected chi connectivity index (χ2v) is 3.41. The largest absolute Gasteiger partial charge is 0.295 e. The Kier molecular flexibility index (Phi) is 1.81. The van der Waals surface area contributed by atoms with Crippen molar-refractivity contribution in [1.82, 2.24) is 4.98 Å². The lowest BCUT2D eigenvalue weighted by Gasteiger charge is -1.90. The Labute approximate surface area is 75.8 Å². The van der Waals surface area contributed by atoms with Crippen LogP contribution in [0.4, 0.5) is 8.78 Å². The van der Waals surface area contributed by atoms with Gasteiger partial charge in [0.25, 0.3) is 0 Å². The van der Waals surface area contributed by atoms with E-state index in [9.17, 15) is 13.6 Å². The zero-order valence-corrected chi connectivity index (χ0v) is 7.07. The number of thiazole rings is 1. The molecular formula is C8H3F2NOS. The summed E-state index contributed by atoms with van der Waals surface area (Å²) < 4.78 is 25.8. The van der Waals surface area contributed by atoms with Crippen LogP contribution in [0, 0.1) is 11.6 Å². The summed E-state index contributed by atoms with van der Waals surface area (Å²) in [5, 5.41) is 0.152. The van der Waals surface area contributed by atoms with Crippen molar-refractivity contribution < 1.29 is 13.6 Å². The first-order chi connectivity index (χ1) is 6.22. The molecule has 0 aliphatic carbocycles. The average molecular weight is 199 g/mol. The molecule has 13 heavy (non-hydrogen) atoms. The Morgan fingerprint density at radius 3 is 2.85 bits per heavy atom. The number of halogens is 2. The van der Waals surface area contributed by atoms with E-state index in [1.165, 1.54) is 6.07 Å². The number of carbonyl (C=O) groups is 1. The molecule has 5 heteroatoms. The first-order valence-electron chi connectivity index (χ1n) is 3.42. The zero-order valence-electron chi connectivity index (χ0n) is 6.25. The molecule has 0 aliphatic rings. The molecular weight excluding hydrogens is 196 g/mol. The monoisotopic (exact) mass is 199 g/mol. The molecule has 0 radical (unpaired) electrons. The van der Waals surface area contributed by atoms with Gasteiger partial charge in [-0.1, -0.05) is 0 Å². The maximum absolute atomic E-state index is 13.0. The van der Waals surface area contributed by atoms with E-state index in [-0.39, 0.29) is 9.71 Å². The van der Waals surface area contributed by atoms with Crippen LogP contribution >= 0.6 is 11.3 Å². The first-order valence-corrected chi connectivity index (χ1v) is 4.23. The van der Waals surface area contributed by atoms with Crippen molar-refractivity contribution >= 4 is 27.8 Å². The van der Waals surface area contributed by atoms with Crippen LogP contribution in [0.5, 0.6) is 0 Å². The zero-order chi connectivity index (χ0) is 9.42. The van der Waals surface area contributed by atoms with Gasteiger partial charge < -0.3 is 0 Å². The third kappa shape index (κ3) is 1.21. The van der Waals surface area contributed by atoms with Gasteiger partial charge >= 0.3 is 0 Å². The number of aromatic nitrogens is 1. The highest BCUT2D eigenvalue weighted by atomic mass is 32.1. The molecule has 0 aliphatic heterocycles. The smallest absolute Gasteiger partial charge is 0.178 e. The highest BCUT2D eigenvalue weighted by molar-refractivity contribution is 7.20. The molecule has 2 rings (SSSR count). The molecule has 0 saturated heterocycles. The van der Waals surface area contributed by atoms with Crippen LogP contribution in [-0.4, -0.2) is 11.3 Å². The van der Waals surface area contributed by atoms with E-state index in [0.29, 0.717) is 11.8 Å². The quantitative estimate of drug-likeness (QED) is 0.660. The molecule has 0 N–H and O–H groups in total. The molecule has 0 spiro atoms. The molecule has 1 aromatic carbocycles. The molecule has 66 valence electrons. The van der Waals surface area contributed by atoms with Gasteiger partial charge in [-0.15, -0.1) is 11.3 Å². The molecule has 0 saturated carbocycles. The molecule has 0 bridgehead atoms. The highest BCUT2D eigenvalue weighted by Gasteiger charge is 2.11. The van der Waals surface area contributed by atoms with E-state index < -0.39 is 11.6 Å². The van der Waals surface area contributed by atoms with Gasteiger partial charge in [0.2, 0.25) is 0 Å². The maximum atomic E-state index is 13.0. The number of rotatable bonds is 1. The number of carbonyl (C=O) groups excluding carboxylic acids is 1. The van der Waals surface area contributed by atoms with Gasteiger partial charge in [0.1, 0.15) is 0 Å². The number of hydrogen-bond acceptors (Lipinski definition) is 3. The van der Waals surface area contributed by atoms with Gasteiger partial charge in [-0.05, 0) is 12.1 Å². The fourth-order valence-electron chi connectivity index (χ4n) is 1.00. The van der Waals surface area contributed by atoms with Crippen LogP contribution in [-0.2, 0) is 0 Å². The van der Waals surface area contributed by atoms with E-state index in [1.54, 1.807) is 0 Å². The predicted octanol–water partition coefficient (Wildman–Crippen LogP) is 2.39. The molecule has 2 aromatic rings. The third-order valence-corrected chi connectivity index (χ3v) is 2.56. The summed E-state index contributed by atoms with van der Waals surface area (Å²) in [4.78, 5) is 14.1. The van der Waals surface area contributed by atoms with Crippen molar-refractivity contribution in [2.75, 3.05) is 0 Å². The summed E-state index contributed by atoms with van der Waals surface area (Å²) in [6.07, 6.45) is 0.516. The minimum atomic E-state index is -0.942. The van der Waals surface area contributed by atoms with Crippen molar-refractivity contribution in [3.8, 4) is 0 Å². The van der Waals surface area contributed by atoms with E-state index >= 15 is 0 Å². The summed E-state index contributed by atoms with van der Waals surface area (Å²) in [6, 6.07) is 2.34. The standard InChI is InChI=1S/C8H3F2NOS/c9-4-1-2-5-8(7(4)10)13-6(3-12)11-5/h1-3H. The van der Waals surface area contributed by atoms with Gasteiger partial charge in [-0.2, -0.15) is 0 Å². The summed E-state index contributed by atoms with van der Waals surface area (Å²) in [6.45, 7) is 0. The normalized spacial score (nSPS) is 10.6. The lowest BCUT2D eigenvalue weighted by atomic mass is 10.3. The van der Waals surface area contributed by atoms with Crippen LogP contribution in [0.25, 0.3) is 10.2 Å². The van der Waals surface area contributed by atoms with E-state index in [1.807, 2.05) is 0 Å². The van der Waals surface area contributed by atoms with Crippen LogP contribution in [0.3, 0.4) is 0 Å². The second kappa shape index (κ2) is 2.85. The van der Waals surface area contributed by atoms with E-state index in [2.05, 4.69) is 4.98 Å². The first kappa shape index (κ1) is 8.25. The fraction of sp³-hybridized carbons (Fsp3) is 0. The Morgan fingerprint density at radius 1 is 1.38 bits per heavy atom. The maximum Gasteiger partial charge on any atom is 0.178 e. The Bertz CT molecular complexity index is 480. The number of fused-ring (bicyclic) bond motifs is 1. The third-order valence-electron chi connectivity index (χ3n) is 1.57. The van der Waals surface area contributed by atoms with Crippen molar-refractivity contribution in [2.24, 2.45) is 0 Å². The van der Waals surface area contributed by atoms with Gasteiger partial charge in [-0.25, -0.2) is 13.8 Å². The Morgan fingerprint density at radius 2 is 2.15 bits per heavy atom. The summed E-state index contributed by atoms with van der Waals surface area (Å²) in [7, 11) is 0. The second-order valence-electron chi connectivity index (χ2n) is 2.38. The molecule has 0 amide bonds. The minimum absolute atomic E-state index is 0.0853. The Balaban J connectivity index is 2.83. The summed E-state index contributed by atoms with van der Waals surface area (Å²) >= 11 is 0.844. The van der Waals surface area contributed by atoms with Crippen LogP contribution in [0.15, 0.2) is 12.1 Å². The molecule has 1 heterocycles. The van der Waals surface area contributed by atoms with Crippen molar-refractivity contribution in [3.05, 3.63) is 28.8 Å². The van der Waals surface area contributed by atoms with Gasteiger partial charge in [-0.3, -0.25) is 4.79 Å². The topological polar surface area (TPSA) is 30.0 Å². The van der Waals surface area contributed by atoms with Crippen LogP contribution in [0.2, 0.25) is 0 Å². The average Bonchev–Trinajstić information content (AvgIpc) is 2.55. The highest BCUT2D eigenvalue weighted by Crippen LogP contribution is 2.25. The summed E-state index contributed by atoms with van der Waals surface area (Å²) in [5.41, 5.74) is 0.311. The minimum Gasteiger partial charge on any atom is -0.295 e. The molecule has 0 fully saturated rings. The van der Waals surface area contributed by atoms with E-state index in [0.717, 1.165) is 17.4 Å². The van der Waals surface area contributed by atoms with Crippen molar-refractivity contribution in [2.45, 2.75) is 0 Å². The molecule has 0 atom stereocenters. The van der Waals surface area contributed by atoms with Crippen LogP contribution in [0.1, 0.15) is 9.80 Å². The fourth-order valence-corrected chi connectivity index (χ4v) is 1.81.